The zero-order chi connectivity index (χ0) is 19.5. The van der Waals surface area contributed by atoms with Crippen LogP contribution in [0.5, 0.6) is 0 Å². The van der Waals surface area contributed by atoms with E-state index in [1.54, 1.807) is 0 Å². The molecule has 0 N–H and O–H groups in total. The van der Waals surface area contributed by atoms with Crippen LogP contribution in [0.3, 0.4) is 0 Å². The van der Waals surface area contributed by atoms with Crippen molar-refractivity contribution in [1.82, 2.24) is 9.55 Å². The Morgan fingerprint density at radius 1 is 0.929 bits per heavy atom. The first-order valence-corrected chi connectivity index (χ1v) is 10.9. The Hall–Kier alpha value is -2.52. The van der Waals surface area contributed by atoms with E-state index in [0.29, 0.717) is 0 Å². The van der Waals surface area contributed by atoms with Gasteiger partial charge in [0.2, 0.25) is 0 Å². The number of rotatable bonds is 6. The highest BCUT2D eigenvalue weighted by Crippen LogP contribution is 2.31. The molecule has 0 bridgehead atoms. The average Bonchev–Trinajstić information content (AvgIpc) is 3.06. The van der Waals surface area contributed by atoms with Gasteiger partial charge in [-0.25, -0.2) is 4.98 Å². The molecular formula is C25H26N2S. The van der Waals surface area contributed by atoms with Crippen LogP contribution in [0.1, 0.15) is 30.0 Å². The van der Waals surface area contributed by atoms with E-state index in [2.05, 4.69) is 92.1 Å². The quantitative estimate of drug-likeness (QED) is 0.336. The molecule has 0 aliphatic carbocycles. The molecule has 0 saturated carbocycles. The van der Waals surface area contributed by atoms with Gasteiger partial charge in [-0.15, -0.1) is 11.8 Å². The lowest BCUT2D eigenvalue weighted by atomic mass is 10.1. The Balaban J connectivity index is 1.87. The minimum atomic E-state index is 0.822. The van der Waals surface area contributed by atoms with E-state index in [4.69, 9.17) is 4.98 Å². The summed E-state index contributed by atoms with van der Waals surface area (Å²) >= 11 is 1.92. The lowest BCUT2D eigenvalue weighted by molar-refractivity contribution is 0.832. The topological polar surface area (TPSA) is 17.8 Å². The van der Waals surface area contributed by atoms with Crippen LogP contribution in [0.4, 0.5) is 0 Å². The summed E-state index contributed by atoms with van der Waals surface area (Å²) < 4.78 is 2.37. The fraction of sp³-hybridized carbons (Fsp3) is 0.240. The molecule has 1 aromatic heterocycles. The molecule has 0 saturated heterocycles. The number of nitrogens with zero attached hydrogens (tertiary/aromatic N) is 2. The number of hydrogen-bond donors (Lipinski definition) is 0. The highest BCUT2D eigenvalue weighted by atomic mass is 32.2. The number of hydrogen-bond acceptors (Lipinski definition) is 2. The van der Waals surface area contributed by atoms with E-state index in [9.17, 15) is 0 Å². The molecule has 0 atom stereocenters. The number of aromatic nitrogens is 2. The zero-order valence-corrected chi connectivity index (χ0v) is 17.6. The van der Waals surface area contributed by atoms with Gasteiger partial charge in [-0.05, 0) is 55.3 Å². The first-order chi connectivity index (χ1) is 13.7. The SMILES string of the molecule is CCCSc1ccc2nc(-c3ccccc3C)n(Cc3ccc(C)cc3)c2c1. The second kappa shape index (κ2) is 8.24. The van der Waals surface area contributed by atoms with Crippen LogP contribution in [0.25, 0.3) is 22.4 Å². The van der Waals surface area contributed by atoms with Crippen molar-refractivity contribution in [2.75, 3.05) is 5.75 Å². The summed E-state index contributed by atoms with van der Waals surface area (Å²) in [6, 6.07) is 24.0. The third kappa shape index (κ3) is 3.85. The molecule has 142 valence electrons. The highest BCUT2D eigenvalue weighted by Gasteiger charge is 2.15. The van der Waals surface area contributed by atoms with Crippen LogP contribution in [0, 0.1) is 13.8 Å². The zero-order valence-electron chi connectivity index (χ0n) is 16.8. The fourth-order valence-electron chi connectivity index (χ4n) is 3.48. The summed E-state index contributed by atoms with van der Waals surface area (Å²) in [4.78, 5) is 6.35. The van der Waals surface area contributed by atoms with Crippen LogP contribution < -0.4 is 0 Å². The molecule has 0 unspecified atom stereocenters. The molecule has 4 aromatic rings. The Morgan fingerprint density at radius 2 is 1.71 bits per heavy atom. The molecule has 28 heavy (non-hydrogen) atoms. The smallest absolute Gasteiger partial charge is 0.141 e. The maximum Gasteiger partial charge on any atom is 0.141 e. The van der Waals surface area contributed by atoms with Gasteiger partial charge < -0.3 is 4.57 Å². The van der Waals surface area contributed by atoms with Gasteiger partial charge in [-0.3, -0.25) is 0 Å². The van der Waals surface area contributed by atoms with Crippen LogP contribution in [-0.4, -0.2) is 15.3 Å². The van der Waals surface area contributed by atoms with E-state index in [1.807, 2.05) is 11.8 Å². The predicted octanol–water partition coefficient (Wildman–Crippen LogP) is 6.87. The van der Waals surface area contributed by atoms with Crippen molar-refractivity contribution >= 4 is 22.8 Å². The minimum Gasteiger partial charge on any atom is -0.319 e. The molecule has 0 aliphatic rings. The third-order valence-corrected chi connectivity index (χ3v) is 6.24. The molecule has 0 radical (unpaired) electrons. The highest BCUT2D eigenvalue weighted by molar-refractivity contribution is 7.99. The molecule has 3 aromatic carbocycles. The maximum atomic E-state index is 5.03. The first-order valence-electron chi connectivity index (χ1n) is 9.90. The van der Waals surface area contributed by atoms with E-state index in [1.165, 1.54) is 39.1 Å². The Labute approximate surface area is 171 Å². The summed E-state index contributed by atoms with van der Waals surface area (Å²) in [6.07, 6.45) is 1.18. The van der Waals surface area contributed by atoms with E-state index in [0.717, 1.165) is 23.6 Å². The fourth-order valence-corrected chi connectivity index (χ4v) is 4.28. The second-order valence-electron chi connectivity index (χ2n) is 7.32. The number of aryl methyl sites for hydroxylation is 2. The molecule has 4 rings (SSSR count). The van der Waals surface area contributed by atoms with Crippen molar-refractivity contribution < 1.29 is 0 Å². The average molecular weight is 387 g/mol. The van der Waals surface area contributed by atoms with Crippen molar-refractivity contribution in [3.8, 4) is 11.4 Å². The van der Waals surface area contributed by atoms with Crippen molar-refractivity contribution in [3.63, 3.8) is 0 Å². The van der Waals surface area contributed by atoms with E-state index in [-0.39, 0.29) is 0 Å². The van der Waals surface area contributed by atoms with Gasteiger partial charge in [0.05, 0.1) is 11.0 Å². The first kappa shape index (κ1) is 18.8. The summed E-state index contributed by atoms with van der Waals surface area (Å²) in [5, 5.41) is 0. The molecular weight excluding hydrogens is 360 g/mol. The molecule has 0 aliphatic heterocycles. The molecule has 3 heteroatoms. The number of thioether (sulfide) groups is 1. The lowest BCUT2D eigenvalue weighted by Gasteiger charge is -2.12. The van der Waals surface area contributed by atoms with Gasteiger partial charge in [0.25, 0.3) is 0 Å². The molecule has 2 nitrogen and oxygen atoms in total. The Bertz CT molecular complexity index is 1090. The van der Waals surface area contributed by atoms with E-state index >= 15 is 0 Å². The van der Waals surface area contributed by atoms with Gasteiger partial charge in [0, 0.05) is 17.0 Å². The van der Waals surface area contributed by atoms with Crippen molar-refractivity contribution in [2.45, 2.75) is 38.6 Å². The van der Waals surface area contributed by atoms with Crippen LogP contribution in [0.2, 0.25) is 0 Å². The molecule has 0 fully saturated rings. The van der Waals surface area contributed by atoms with Gasteiger partial charge in [-0.1, -0.05) is 61.0 Å². The molecule has 1 heterocycles. The second-order valence-corrected chi connectivity index (χ2v) is 8.49. The standard InChI is InChI=1S/C25H26N2S/c1-4-15-28-21-13-14-23-24(16-21)27(17-20-11-9-18(2)10-12-20)25(26-23)22-8-6-5-7-19(22)3/h5-14,16H,4,15,17H2,1-3H3. The van der Waals surface area contributed by atoms with Crippen LogP contribution in [-0.2, 0) is 6.54 Å². The van der Waals surface area contributed by atoms with Crippen LogP contribution in [0.15, 0.2) is 71.6 Å². The lowest BCUT2D eigenvalue weighted by Crippen LogP contribution is -2.03. The molecule has 0 spiro atoms. The summed E-state index contributed by atoms with van der Waals surface area (Å²) in [5.74, 6) is 2.19. The Morgan fingerprint density at radius 3 is 2.46 bits per heavy atom. The van der Waals surface area contributed by atoms with Gasteiger partial charge >= 0.3 is 0 Å². The van der Waals surface area contributed by atoms with E-state index < -0.39 is 0 Å². The van der Waals surface area contributed by atoms with Crippen molar-refractivity contribution in [2.24, 2.45) is 0 Å². The third-order valence-electron chi connectivity index (χ3n) is 5.04. The van der Waals surface area contributed by atoms with Crippen molar-refractivity contribution in [1.29, 1.82) is 0 Å². The van der Waals surface area contributed by atoms with Gasteiger partial charge in [0.1, 0.15) is 5.82 Å². The van der Waals surface area contributed by atoms with Gasteiger partial charge in [0.15, 0.2) is 0 Å². The van der Waals surface area contributed by atoms with Gasteiger partial charge in [-0.2, -0.15) is 0 Å². The Kier molecular flexibility index (Phi) is 5.54. The number of imidazole rings is 1. The summed E-state index contributed by atoms with van der Waals surface area (Å²) in [5.41, 5.74) is 7.31. The maximum absolute atomic E-state index is 5.03. The number of benzene rings is 3. The normalized spacial score (nSPS) is 11.2. The molecule has 0 amide bonds. The number of fused-ring (bicyclic) bond motifs is 1. The van der Waals surface area contributed by atoms with Crippen molar-refractivity contribution in [3.05, 3.63) is 83.4 Å². The van der Waals surface area contributed by atoms with Crippen LogP contribution >= 0.6 is 11.8 Å². The summed E-state index contributed by atoms with van der Waals surface area (Å²) in [6.45, 7) is 7.34. The largest absolute Gasteiger partial charge is 0.319 e. The predicted molar refractivity (Wildman–Crippen MR) is 121 cm³/mol. The summed E-state index contributed by atoms with van der Waals surface area (Å²) in [7, 11) is 0. The minimum absolute atomic E-state index is 0.822. The monoisotopic (exact) mass is 386 g/mol.